The lowest BCUT2D eigenvalue weighted by atomic mass is 9.83. The van der Waals surface area contributed by atoms with E-state index in [0.717, 1.165) is 38.3 Å². The molecule has 0 aromatic carbocycles. The molecule has 0 amide bonds. The predicted molar refractivity (Wildman–Crippen MR) is 80.3 cm³/mol. The maximum Gasteiger partial charge on any atom is 0.0590 e. The van der Waals surface area contributed by atoms with Crippen LogP contribution in [0.15, 0.2) is 0 Å². The van der Waals surface area contributed by atoms with Crippen LogP contribution in [0.25, 0.3) is 0 Å². The van der Waals surface area contributed by atoms with Crippen molar-refractivity contribution in [2.45, 2.75) is 70.4 Å². The van der Waals surface area contributed by atoms with Crippen LogP contribution in [0.5, 0.6) is 0 Å². The SMILES string of the molecule is CCC1CCCN(C2(CN)CCOC(CC)C2)CC1. The second-order valence-corrected chi connectivity index (χ2v) is 6.48. The number of hydrogen-bond acceptors (Lipinski definition) is 3. The molecule has 112 valence electrons. The molecule has 3 atom stereocenters. The summed E-state index contributed by atoms with van der Waals surface area (Å²) in [5.41, 5.74) is 6.43. The Morgan fingerprint density at radius 1 is 1.21 bits per heavy atom. The van der Waals surface area contributed by atoms with Crippen molar-refractivity contribution in [1.29, 1.82) is 0 Å². The normalized spacial score (nSPS) is 38.1. The van der Waals surface area contributed by atoms with Gasteiger partial charge < -0.3 is 10.5 Å². The molecule has 3 nitrogen and oxygen atoms in total. The molecule has 2 fully saturated rings. The maximum atomic E-state index is 6.21. The second-order valence-electron chi connectivity index (χ2n) is 6.48. The van der Waals surface area contributed by atoms with Gasteiger partial charge in [-0.2, -0.15) is 0 Å². The van der Waals surface area contributed by atoms with Gasteiger partial charge in [-0.15, -0.1) is 0 Å². The smallest absolute Gasteiger partial charge is 0.0590 e. The monoisotopic (exact) mass is 268 g/mol. The molecule has 0 aliphatic carbocycles. The maximum absolute atomic E-state index is 6.21. The molecular formula is C16H32N2O. The zero-order chi connectivity index (χ0) is 13.7. The Bertz CT molecular complexity index is 271. The summed E-state index contributed by atoms with van der Waals surface area (Å²) < 4.78 is 5.87. The molecule has 2 heterocycles. The van der Waals surface area contributed by atoms with E-state index < -0.39 is 0 Å². The van der Waals surface area contributed by atoms with Gasteiger partial charge >= 0.3 is 0 Å². The van der Waals surface area contributed by atoms with Crippen LogP contribution in [0.1, 0.15) is 58.8 Å². The fourth-order valence-corrected chi connectivity index (χ4v) is 3.91. The summed E-state index contributed by atoms with van der Waals surface area (Å²) in [6, 6.07) is 0. The molecule has 3 heteroatoms. The molecule has 2 saturated heterocycles. The Morgan fingerprint density at radius 3 is 2.74 bits per heavy atom. The molecule has 0 saturated carbocycles. The standard InChI is InChI=1S/C16H32N2O/c1-3-14-6-5-9-18(10-7-14)16(13-17)8-11-19-15(4-2)12-16/h14-15H,3-13,17H2,1-2H3. The number of rotatable bonds is 4. The zero-order valence-electron chi connectivity index (χ0n) is 12.9. The van der Waals surface area contributed by atoms with Gasteiger partial charge in [0.25, 0.3) is 0 Å². The Labute approximate surface area is 118 Å². The highest BCUT2D eigenvalue weighted by molar-refractivity contribution is 4.97. The molecular weight excluding hydrogens is 236 g/mol. The first-order valence-electron chi connectivity index (χ1n) is 8.30. The quantitative estimate of drug-likeness (QED) is 0.852. The van der Waals surface area contributed by atoms with Gasteiger partial charge in [0.15, 0.2) is 0 Å². The Balaban J connectivity index is 2.03. The number of nitrogens with two attached hydrogens (primary N) is 1. The van der Waals surface area contributed by atoms with Gasteiger partial charge in [0.1, 0.15) is 0 Å². The van der Waals surface area contributed by atoms with Gasteiger partial charge in [-0.1, -0.05) is 20.3 Å². The number of nitrogens with zero attached hydrogens (tertiary/aromatic N) is 1. The van der Waals surface area contributed by atoms with Crippen LogP contribution in [-0.2, 0) is 4.74 Å². The highest BCUT2D eigenvalue weighted by atomic mass is 16.5. The minimum Gasteiger partial charge on any atom is -0.378 e. The molecule has 0 radical (unpaired) electrons. The third-order valence-electron chi connectivity index (χ3n) is 5.46. The van der Waals surface area contributed by atoms with Crippen molar-refractivity contribution in [2.75, 3.05) is 26.2 Å². The minimum atomic E-state index is 0.224. The van der Waals surface area contributed by atoms with Crippen LogP contribution in [0.2, 0.25) is 0 Å². The zero-order valence-corrected chi connectivity index (χ0v) is 12.9. The molecule has 0 aromatic heterocycles. The first kappa shape index (κ1) is 15.3. The number of likely N-dealkylation sites (tertiary alicyclic amines) is 1. The summed E-state index contributed by atoms with van der Waals surface area (Å²) in [5.74, 6) is 0.932. The van der Waals surface area contributed by atoms with Crippen molar-refractivity contribution in [3.63, 3.8) is 0 Å². The number of ether oxygens (including phenoxy) is 1. The van der Waals surface area contributed by atoms with E-state index in [1.807, 2.05) is 0 Å². The van der Waals surface area contributed by atoms with Gasteiger partial charge in [-0.05, 0) is 57.5 Å². The summed E-state index contributed by atoms with van der Waals surface area (Å²) >= 11 is 0. The Morgan fingerprint density at radius 2 is 2.05 bits per heavy atom. The van der Waals surface area contributed by atoms with Crippen molar-refractivity contribution in [1.82, 2.24) is 4.90 Å². The molecule has 2 N–H and O–H groups in total. The second kappa shape index (κ2) is 7.05. The first-order chi connectivity index (χ1) is 9.24. The average Bonchev–Trinajstić information content (AvgIpc) is 2.73. The number of hydrogen-bond donors (Lipinski definition) is 1. The van der Waals surface area contributed by atoms with Crippen molar-refractivity contribution in [2.24, 2.45) is 11.7 Å². The highest BCUT2D eigenvalue weighted by Crippen LogP contribution is 2.34. The fourth-order valence-electron chi connectivity index (χ4n) is 3.91. The third-order valence-corrected chi connectivity index (χ3v) is 5.46. The van der Waals surface area contributed by atoms with Gasteiger partial charge in [0.05, 0.1) is 6.10 Å². The molecule has 3 unspecified atom stereocenters. The lowest BCUT2D eigenvalue weighted by Crippen LogP contribution is -2.58. The lowest BCUT2D eigenvalue weighted by molar-refractivity contribution is -0.0714. The summed E-state index contributed by atoms with van der Waals surface area (Å²) in [6.07, 6.45) is 9.24. The van der Waals surface area contributed by atoms with E-state index in [9.17, 15) is 0 Å². The van der Waals surface area contributed by atoms with E-state index in [1.54, 1.807) is 0 Å². The van der Waals surface area contributed by atoms with Crippen molar-refractivity contribution < 1.29 is 4.74 Å². The van der Waals surface area contributed by atoms with Crippen LogP contribution < -0.4 is 5.73 Å². The molecule has 0 bridgehead atoms. The fraction of sp³-hybridized carbons (Fsp3) is 1.00. The third kappa shape index (κ3) is 3.50. The molecule has 0 spiro atoms. The summed E-state index contributed by atoms with van der Waals surface area (Å²) in [7, 11) is 0. The summed E-state index contributed by atoms with van der Waals surface area (Å²) in [5, 5.41) is 0. The minimum absolute atomic E-state index is 0.224. The van der Waals surface area contributed by atoms with Gasteiger partial charge in [-0.25, -0.2) is 0 Å². The first-order valence-corrected chi connectivity index (χ1v) is 8.30. The topological polar surface area (TPSA) is 38.5 Å². The summed E-state index contributed by atoms with van der Waals surface area (Å²) in [6.45, 7) is 8.73. The Kier molecular flexibility index (Phi) is 5.67. The largest absolute Gasteiger partial charge is 0.378 e. The van der Waals surface area contributed by atoms with Crippen LogP contribution in [0, 0.1) is 5.92 Å². The van der Waals surface area contributed by atoms with Crippen LogP contribution in [0.4, 0.5) is 0 Å². The predicted octanol–water partition coefficient (Wildman–Crippen LogP) is 2.79. The molecule has 0 aromatic rings. The van der Waals surface area contributed by atoms with Gasteiger partial charge in [0, 0.05) is 18.7 Å². The van der Waals surface area contributed by atoms with Gasteiger partial charge in [0.2, 0.25) is 0 Å². The van der Waals surface area contributed by atoms with Crippen molar-refractivity contribution in [3.05, 3.63) is 0 Å². The average molecular weight is 268 g/mol. The van der Waals surface area contributed by atoms with Crippen LogP contribution >= 0.6 is 0 Å². The van der Waals surface area contributed by atoms with Gasteiger partial charge in [-0.3, -0.25) is 4.90 Å². The van der Waals surface area contributed by atoms with Crippen LogP contribution in [-0.4, -0.2) is 42.8 Å². The molecule has 19 heavy (non-hydrogen) atoms. The lowest BCUT2D eigenvalue weighted by Gasteiger charge is -2.48. The van der Waals surface area contributed by atoms with Crippen LogP contribution in [0.3, 0.4) is 0 Å². The van der Waals surface area contributed by atoms with E-state index in [-0.39, 0.29) is 5.54 Å². The van der Waals surface area contributed by atoms with E-state index in [4.69, 9.17) is 10.5 Å². The van der Waals surface area contributed by atoms with E-state index in [2.05, 4.69) is 18.7 Å². The molecule has 2 aliphatic heterocycles. The summed E-state index contributed by atoms with van der Waals surface area (Å²) in [4.78, 5) is 2.72. The van der Waals surface area contributed by atoms with E-state index in [0.29, 0.717) is 6.10 Å². The van der Waals surface area contributed by atoms with Crippen molar-refractivity contribution >= 4 is 0 Å². The van der Waals surface area contributed by atoms with Crippen molar-refractivity contribution in [3.8, 4) is 0 Å². The Hall–Kier alpha value is -0.120. The molecule has 2 aliphatic rings. The molecule has 2 rings (SSSR count). The van der Waals surface area contributed by atoms with E-state index >= 15 is 0 Å². The highest BCUT2D eigenvalue weighted by Gasteiger charge is 2.40. The van der Waals surface area contributed by atoms with E-state index in [1.165, 1.54) is 38.8 Å².